The average Bonchev–Trinajstić information content (AvgIpc) is 1.83. The molecular weight excluding hydrogens is 164 g/mol. The summed E-state index contributed by atoms with van der Waals surface area (Å²) in [5.41, 5.74) is -0.631. The zero-order valence-corrected chi connectivity index (χ0v) is 8.16. The van der Waals surface area contributed by atoms with E-state index >= 15 is 0 Å². The fourth-order valence-corrected chi connectivity index (χ4v) is 1.98. The number of hydrogen-bond acceptors (Lipinski definition) is 3. The van der Waals surface area contributed by atoms with Gasteiger partial charge in [-0.15, -0.1) is 0 Å². The summed E-state index contributed by atoms with van der Waals surface area (Å²) in [5, 5.41) is 0. The van der Waals surface area contributed by atoms with E-state index in [2.05, 4.69) is 4.74 Å². The monoisotopic (exact) mass is 178 g/mol. The molecule has 4 heteroatoms. The van der Waals surface area contributed by atoms with Gasteiger partial charge in [-0.1, -0.05) is 0 Å². The van der Waals surface area contributed by atoms with Gasteiger partial charge < -0.3 is 4.74 Å². The van der Waals surface area contributed by atoms with Crippen LogP contribution in [-0.4, -0.2) is 29.3 Å². The molecule has 0 saturated heterocycles. The third-order valence-electron chi connectivity index (χ3n) is 1.30. The highest BCUT2D eigenvalue weighted by Crippen LogP contribution is 2.17. The molecule has 0 aromatic heterocycles. The SMILES string of the molecule is COC(=O)C(C)(C)CS(C)=O. The molecule has 0 bridgehead atoms. The van der Waals surface area contributed by atoms with Crippen LogP contribution < -0.4 is 0 Å². The smallest absolute Gasteiger partial charge is 0.312 e. The third kappa shape index (κ3) is 3.51. The van der Waals surface area contributed by atoms with Crippen molar-refractivity contribution in [2.45, 2.75) is 13.8 Å². The number of hydrogen-bond donors (Lipinski definition) is 0. The highest BCUT2D eigenvalue weighted by atomic mass is 32.2. The van der Waals surface area contributed by atoms with Crippen molar-refractivity contribution in [1.82, 2.24) is 0 Å². The van der Waals surface area contributed by atoms with E-state index in [4.69, 9.17) is 0 Å². The van der Waals surface area contributed by atoms with Crippen molar-refractivity contribution < 1.29 is 13.7 Å². The van der Waals surface area contributed by atoms with E-state index in [0.717, 1.165) is 0 Å². The second-order valence-corrected chi connectivity index (χ2v) is 4.53. The first-order valence-electron chi connectivity index (χ1n) is 3.28. The Morgan fingerprint density at radius 1 is 1.55 bits per heavy atom. The maximum absolute atomic E-state index is 11.0. The standard InChI is InChI=1S/C7H14O3S/c1-7(2,5-11(4)9)6(8)10-3/h5H2,1-4H3. The third-order valence-corrected chi connectivity index (χ3v) is 2.43. The molecule has 0 amide bonds. The van der Waals surface area contributed by atoms with Gasteiger partial charge in [0.2, 0.25) is 0 Å². The molecule has 11 heavy (non-hydrogen) atoms. The Morgan fingerprint density at radius 3 is 2.27 bits per heavy atom. The van der Waals surface area contributed by atoms with Crippen LogP contribution in [0.5, 0.6) is 0 Å². The van der Waals surface area contributed by atoms with Crippen LogP contribution in [0.4, 0.5) is 0 Å². The second kappa shape index (κ2) is 3.85. The Bertz CT molecular complexity index is 175. The highest BCUT2D eigenvalue weighted by Gasteiger charge is 2.29. The van der Waals surface area contributed by atoms with Gasteiger partial charge in [-0.2, -0.15) is 0 Å². The molecule has 0 spiro atoms. The summed E-state index contributed by atoms with van der Waals surface area (Å²) in [6.07, 6.45) is 1.57. The summed E-state index contributed by atoms with van der Waals surface area (Å²) in [7, 11) is 0.378. The van der Waals surface area contributed by atoms with E-state index in [1.165, 1.54) is 7.11 Å². The lowest BCUT2D eigenvalue weighted by Crippen LogP contribution is -2.31. The van der Waals surface area contributed by atoms with E-state index in [1.54, 1.807) is 20.1 Å². The fourth-order valence-electron chi connectivity index (χ4n) is 0.843. The topological polar surface area (TPSA) is 43.4 Å². The summed E-state index contributed by atoms with van der Waals surface area (Å²) in [6.45, 7) is 3.44. The molecular formula is C7H14O3S. The second-order valence-electron chi connectivity index (χ2n) is 3.09. The van der Waals surface area contributed by atoms with Crippen molar-refractivity contribution in [2.24, 2.45) is 5.41 Å². The average molecular weight is 178 g/mol. The van der Waals surface area contributed by atoms with E-state index in [1.807, 2.05) is 0 Å². The first-order valence-corrected chi connectivity index (χ1v) is 5.01. The van der Waals surface area contributed by atoms with Gasteiger partial charge in [0, 0.05) is 22.8 Å². The fraction of sp³-hybridized carbons (Fsp3) is 0.857. The van der Waals surface area contributed by atoms with Gasteiger partial charge in [0.15, 0.2) is 0 Å². The quantitative estimate of drug-likeness (QED) is 0.593. The van der Waals surface area contributed by atoms with Crippen molar-refractivity contribution in [3.63, 3.8) is 0 Å². The molecule has 0 rings (SSSR count). The van der Waals surface area contributed by atoms with Crippen LogP contribution >= 0.6 is 0 Å². The molecule has 66 valence electrons. The van der Waals surface area contributed by atoms with E-state index < -0.39 is 16.2 Å². The van der Waals surface area contributed by atoms with Crippen molar-refractivity contribution in [2.75, 3.05) is 19.1 Å². The van der Waals surface area contributed by atoms with Crippen molar-refractivity contribution in [1.29, 1.82) is 0 Å². The maximum atomic E-state index is 11.0. The Morgan fingerprint density at radius 2 is 2.00 bits per heavy atom. The first kappa shape index (κ1) is 10.6. The van der Waals surface area contributed by atoms with Gasteiger partial charge in [0.1, 0.15) is 0 Å². The molecule has 0 saturated carbocycles. The Hall–Kier alpha value is -0.380. The lowest BCUT2D eigenvalue weighted by atomic mass is 9.97. The number of carbonyl (C=O) groups is 1. The van der Waals surface area contributed by atoms with Crippen molar-refractivity contribution >= 4 is 16.8 Å². The number of esters is 1. The van der Waals surface area contributed by atoms with Crippen LogP contribution in [0.3, 0.4) is 0 Å². The minimum atomic E-state index is -0.958. The van der Waals surface area contributed by atoms with Crippen LogP contribution in [0, 0.1) is 5.41 Å². The maximum Gasteiger partial charge on any atom is 0.312 e. The number of methoxy groups -OCH3 is 1. The highest BCUT2D eigenvalue weighted by molar-refractivity contribution is 7.84. The van der Waals surface area contributed by atoms with Gasteiger partial charge in [0.25, 0.3) is 0 Å². The first-order chi connectivity index (χ1) is 4.90. The summed E-state index contributed by atoms with van der Waals surface area (Å²) >= 11 is 0. The lowest BCUT2D eigenvalue weighted by Gasteiger charge is -2.19. The predicted molar refractivity (Wildman–Crippen MR) is 44.7 cm³/mol. The van der Waals surface area contributed by atoms with Gasteiger partial charge in [-0.05, 0) is 13.8 Å². The van der Waals surface area contributed by atoms with E-state index in [9.17, 15) is 9.00 Å². The minimum Gasteiger partial charge on any atom is -0.469 e. The van der Waals surface area contributed by atoms with Crippen LogP contribution in [0.2, 0.25) is 0 Å². The van der Waals surface area contributed by atoms with Crippen LogP contribution in [0.1, 0.15) is 13.8 Å². The minimum absolute atomic E-state index is 0.312. The molecule has 1 unspecified atom stereocenters. The zero-order chi connectivity index (χ0) is 9.07. The Kier molecular flexibility index (Phi) is 3.72. The van der Waals surface area contributed by atoms with Crippen LogP contribution in [-0.2, 0) is 20.3 Å². The van der Waals surface area contributed by atoms with Gasteiger partial charge in [-0.3, -0.25) is 9.00 Å². The van der Waals surface area contributed by atoms with E-state index in [-0.39, 0.29) is 5.97 Å². The molecule has 0 fully saturated rings. The number of carbonyl (C=O) groups excluding carboxylic acids is 1. The van der Waals surface area contributed by atoms with Crippen molar-refractivity contribution in [3.05, 3.63) is 0 Å². The molecule has 1 atom stereocenters. The molecule has 3 nitrogen and oxygen atoms in total. The molecule has 0 heterocycles. The summed E-state index contributed by atoms with van der Waals surface area (Å²) < 4.78 is 15.3. The molecule has 0 aliphatic heterocycles. The predicted octanol–water partition coefficient (Wildman–Crippen LogP) is 0.564. The molecule has 0 aromatic rings. The van der Waals surface area contributed by atoms with Crippen LogP contribution in [0.25, 0.3) is 0 Å². The summed E-state index contributed by atoms with van der Waals surface area (Å²) in [6, 6.07) is 0. The molecule has 0 radical (unpaired) electrons. The molecule has 0 aromatic carbocycles. The van der Waals surface area contributed by atoms with Gasteiger partial charge in [0.05, 0.1) is 12.5 Å². The number of ether oxygens (including phenoxy) is 1. The summed E-state index contributed by atoms with van der Waals surface area (Å²) in [4.78, 5) is 11.0. The van der Waals surface area contributed by atoms with Gasteiger partial charge >= 0.3 is 5.97 Å². The summed E-state index contributed by atoms with van der Waals surface area (Å²) in [5.74, 6) is 0.0346. The zero-order valence-electron chi connectivity index (χ0n) is 7.34. The Balaban J connectivity index is 4.21. The van der Waals surface area contributed by atoms with Crippen LogP contribution in [0.15, 0.2) is 0 Å². The molecule has 0 aliphatic carbocycles. The van der Waals surface area contributed by atoms with Crippen molar-refractivity contribution in [3.8, 4) is 0 Å². The normalized spacial score (nSPS) is 14.2. The Labute approximate surface area is 69.6 Å². The lowest BCUT2D eigenvalue weighted by molar-refractivity contribution is -0.149. The molecule has 0 aliphatic rings. The van der Waals surface area contributed by atoms with Gasteiger partial charge in [-0.25, -0.2) is 0 Å². The molecule has 0 N–H and O–H groups in total. The largest absolute Gasteiger partial charge is 0.469 e. The number of rotatable bonds is 3. The van der Waals surface area contributed by atoms with E-state index in [0.29, 0.717) is 5.75 Å².